The summed E-state index contributed by atoms with van der Waals surface area (Å²) in [6, 6.07) is 7.18. The van der Waals surface area contributed by atoms with E-state index in [1.165, 1.54) is 12.8 Å². The predicted molar refractivity (Wildman–Crippen MR) is 85.5 cm³/mol. The van der Waals surface area contributed by atoms with E-state index in [9.17, 15) is 8.42 Å². The smallest absolute Gasteiger partial charge is 0.240 e. The summed E-state index contributed by atoms with van der Waals surface area (Å²) in [5.74, 6) is 1.19. The summed E-state index contributed by atoms with van der Waals surface area (Å²) in [7, 11) is -1.60. The second-order valence-electron chi connectivity index (χ2n) is 6.13. The summed E-state index contributed by atoms with van der Waals surface area (Å²) < 4.78 is 27.8. The molecule has 4 nitrogen and oxygen atoms in total. The summed E-state index contributed by atoms with van der Waals surface area (Å²) in [6.45, 7) is 3.36. The van der Waals surface area contributed by atoms with E-state index in [1.807, 2.05) is 19.2 Å². The molecular formula is C16H26N2O2S. The fraction of sp³-hybridized carbons (Fsp3) is 0.625. The van der Waals surface area contributed by atoms with Gasteiger partial charge in [0.1, 0.15) is 0 Å². The van der Waals surface area contributed by atoms with Crippen LogP contribution in [0.25, 0.3) is 0 Å². The monoisotopic (exact) mass is 310 g/mol. The minimum atomic E-state index is -3.42. The third-order valence-corrected chi connectivity index (χ3v) is 5.76. The Labute approximate surface area is 128 Å². The highest BCUT2D eigenvalue weighted by Gasteiger charge is 2.23. The van der Waals surface area contributed by atoms with Gasteiger partial charge in [0.2, 0.25) is 10.0 Å². The Kier molecular flexibility index (Phi) is 5.79. The van der Waals surface area contributed by atoms with Crippen molar-refractivity contribution in [2.24, 2.45) is 11.8 Å². The fourth-order valence-corrected chi connectivity index (χ4v) is 4.51. The molecule has 0 spiro atoms. The minimum Gasteiger partial charge on any atom is -0.316 e. The molecule has 0 saturated heterocycles. The van der Waals surface area contributed by atoms with Gasteiger partial charge in [-0.15, -0.1) is 0 Å². The summed E-state index contributed by atoms with van der Waals surface area (Å²) in [4.78, 5) is 0.392. The van der Waals surface area contributed by atoms with Crippen molar-refractivity contribution in [3.05, 3.63) is 29.8 Å². The lowest BCUT2D eigenvalue weighted by molar-refractivity contribution is 0.283. The van der Waals surface area contributed by atoms with Crippen LogP contribution in [-0.2, 0) is 16.6 Å². The largest absolute Gasteiger partial charge is 0.316 e. The first-order valence-electron chi connectivity index (χ1n) is 7.75. The predicted octanol–water partition coefficient (Wildman–Crippen LogP) is 2.51. The first-order chi connectivity index (χ1) is 10.0. The molecule has 0 aromatic heterocycles. The Balaban J connectivity index is 2.04. The quantitative estimate of drug-likeness (QED) is 0.849. The molecule has 1 saturated carbocycles. The highest BCUT2D eigenvalue weighted by atomic mass is 32.2. The number of hydrogen-bond donors (Lipinski definition) is 2. The zero-order valence-electron chi connectivity index (χ0n) is 12.9. The van der Waals surface area contributed by atoms with Gasteiger partial charge in [0.25, 0.3) is 0 Å². The van der Waals surface area contributed by atoms with Crippen LogP contribution < -0.4 is 10.0 Å². The van der Waals surface area contributed by atoms with Gasteiger partial charge in [0, 0.05) is 13.1 Å². The first-order valence-corrected chi connectivity index (χ1v) is 9.23. The Hall–Kier alpha value is -0.910. The second kappa shape index (κ2) is 7.38. The molecule has 1 fully saturated rings. The molecule has 0 aliphatic heterocycles. The number of rotatable bonds is 6. The zero-order valence-corrected chi connectivity index (χ0v) is 13.7. The molecule has 118 valence electrons. The molecule has 2 N–H and O–H groups in total. The fourth-order valence-electron chi connectivity index (χ4n) is 3.15. The molecule has 5 heteroatoms. The molecule has 0 radical (unpaired) electrons. The molecule has 2 unspecified atom stereocenters. The molecular weight excluding hydrogens is 284 g/mol. The molecule has 1 aliphatic rings. The van der Waals surface area contributed by atoms with Crippen molar-refractivity contribution in [1.82, 2.24) is 10.0 Å². The van der Waals surface area contributed by atoms with Gasteiger partial charge in [0.05, 0.1) is 4.90 Å². The van der Waals surface area contributed by atoms with Crippen molar-refractivity contribution in [2.45, 2.75) is 44.0 Å². The average molecular weight is 310 g/mol. The zero-order chi connectivity index (χ0) is 15.3. The molecule has 0 amide bonds. The first kappa shape index (κ1) is 16.5. The van der Waals surface area contributed by atoms with Crippen molar-refractivity contribution in [2.75, 3.05) is 13.6 Å². The van der Waals surface area contributed by atoms with E-state index in [1.54, 1.807) is 12.1 Å². The van der Waals surface area contributed by atoms with Gasteiger partial charge < -0.3 is 5.32 Å². The van der Waals surface area contributed by atoms with Crippen LogP contribution in [0.5, 0.6) is 0 Å². The van der Waals surface area contributed by atoms with E-state index >= 15 is 0 Å². The van der Waals surface area contributed by atoms with Crippen molar-refractivity contribution < 1.29 is 8.42 Å². The van der Waals surface area contributed by atoms with Crippen LogP contribution in [0, 0.1) is 11.8 Å². The van der Waals surface area contributed by atoms with E-state index in [0.717, 1.165) is 18.4 Å². The van der Waals surface area contributed by atoms with E-state index in [0.29, 0.717) is 29.8 Å². The Bertz CT molecular complexity index is 557. The lowest BCUT2D eigenvalue weighted by atomic mass is 9.83. The normalized spacial score (nSPS) is 23.1. The minimum absolute atomic E-state index is 0.392. The maximum absolute atomic E-state index is 12.5. The summed E-state index contributed by atoms with van der Waals surface area (Å²) >= 11 is 0. The van der Waals surface area contributed by atoms with Crippen LogP contribution in [0.4, 0.5) is 0 Å². The number of sulfonamides is 1. The Morgan fingerprint density at radius 3 is 2.71 bits per heavy atom. The van der Waals surface area contributed by atoms with Gasteiger partial charge in [-0.2, -0.15) is 0 Å². The molecule has 1 aliphatic carbocycles. The van der Waals surface area contributed by atoms with Crippen LogP contribution in [-0.4, -0.2) is 22.0 Å². The molecule has 21 heavy (non-hydrogen) atoms. The van der Waals surface area contributed by atoms with E-state index in [4.69, 9.17) is 0 Å². The highest BCUT2D eigenvalue weighted by molar-refractivity contribution is 7.89. The van der Waals surface area contributed by atoms with Crippen LogP contribution in [0.2, 0.25) is 0 Å². The van der Waals surface area contributed by atoms with E-state index < -0.39 is 10.0 Å². The molecule has 0 heterocycles. The van der Waals surface area contributed by atoms with Crippen molar-refractivity contribution in [3.8, 4) is 0 Å². The third kappa shape index (κ3) is 4.53. The Morgan fingerprint density at radius 2 is 2.00 bits per heavy atom. The van der Waals surface area contributed by atoms with Crippen LogP contribution in [0.3, 0.4) is 0 Å². The molecule has 0 bridgehead atoms. The van der Waals surface area contributed by atoms with Gasteiger partial charge in [-0.3, -0.25) is 0 Å². The Morgan fingerprint density at radius 1 is 1.24 bits per heavy atom. The molecule has 1 aromatic rings. The SMILES string of the molecule is CNCc1ccccc1S(=O)(=O)NCC1CCCC(C)C1. The molecule has 1 aromatic carbocycles. The standard InChI is InChI=1S/C16H26N2O2S/c1-13-6-5-7-14(10-13)11-18-21(19,20)16-9-4-3-8-15(16)12-17-2/h3-4,8-9,13-14,17-18H,5-7,10-12H2,1-2H3. The van der Waals surface area contributed by atoms with Gasteiger partial charge in [-0.1, -0.05) is 38.0 Å². The van der Waals surface area contributed by atoms with Crippen molar-refractivity contribution in [1.29, 1.82) is 0 Å². The van der Waals surface area contributed by atoms with Gasteiger partial charge >= 0.3 is 0 Å². The lowest BCUT2D eigenvalue weighted by Gasteiger charge is -2.26. The topological polar surface area (TPSA) is 58.2 Å². The third-order valence-electron chi connectivity index (χ3n) is 4.24. The van der Waals surface area contributed by atoms with Crippen molar-refractivity contribution >= 4 is 10.0 Å². The number of nitrogens with one attached hydrogen (secondary N) is 2. The van der Waals surface area contributed by atoms with Crippen molar-refractivity contribution in [3.63, 3.8) is 0 Å². The number of hydrogen-bond acceptors (Lipinski definition) is 3. The average Bonchev–Trinajstić information content (AvgIpc) is 2.46. The maximum Gasteiger partial charge on any atom is 0.240 e. The van der Waals surface area contributed by atoms with E-state index in [-0.39, 0.29) is 0 Å². The molecule has 2 atom stereocenters. The maximum atomic E-state index is 12.5. The van der Waals surface area contributed by atoms with Gasteiger partial charge in [-0.05, 0) is 43.4 Å². The van der Waals surface area contributed by atoms with Crippen LogP contribution in [0.15, 0.2) is 29.2 Å². The van der Waals surface area contributed by atoms with Crippen LogP contribution in [0.1, 0.15) is 38.2 Å². The summed E-state index contributed by atoms with van der Waals surface area (Å²) in [6.07, 6.45) is 4.74. The number of benzene rings is 1. The summed E-state index contributed by atoms with van der Waals surface area (Å²) in [5.41, 5.74) is 0.810. The van der Waals surface area contributed by atoms with E-state index in [2.05, 4.69) is 17.0 Å². The van der Waals surface area contributed by atoms with Crippen LogP contribution >= 0.6 is 0 Å². The second-order valence-corrected chi connectivity index (χ2v) is 7.86. The molecule has 2 rings (SSSR count). The summed E-state index contributed by atoms with van der Waals surface area (Å²) in [5, 5.41) is 3.02. The van der Waals surface area contributed by atoms with Gasteiger partial charge in [-0.25, -0.2) is 13.1 Å². The lowest BCUT2D eigenvalue weighted by Crippen LogP contribution is -2.32. The van der Waals surface area contributed by atoms with Gasteiger partial charge in [0.15, 0.2) is 0 Å². The highest BCUT2D eigenvalue weighted by Crippen LogP contribution is 2.28.